The van der Waals surface area contributed by atoms with Crippen LogP contribution in [-0.2, 0) is 0 Å². The molecule has 1 aromatic heterocycles. The Balaban J connectivity index is 2.16. The summed E-state index contributed by atoms with van der Waals surface area (Å²) >= 11 is 0. The molecule has 0 aromatic carbocycles. The van der Waals surface area contributed by atoms with E-state index in [-0.39, 0.29) is 5.69 Å². The summed E-state index contributed by atoms with van der Waals surface area (Å²) < 4.78 is 1.79. The van der Waals surface area contributed by atoms with Crippen LogP contribution in [0, 0.1) is 0 Å². The first-order valence-electron chi connectivity index (χ1n) is 4.56. The second-order valence-corrected chi connectivity index (χ2v) is 3.42. The standard InChI is InChI=1S/C9H12N2O2/c12-9(13)8-5-6-11(10-8)7-3-1-2-4-7/h5-7H,1-4H2,(H,12,13). The first-order valence-corrected chi connectivity index (χ1v) is 4.56. The molecule has 1 aliphatic rings. The van der Waals surface area contributed by atoms with E-state index in [4.69, 9.17) is 5.11 Å². The van der Waals surface area contributed by atoms with Crippen molar-refractivity contribution in [1.82, 2.24) is 9.78 Å². The van der Waals surface area contributed by atoms with Crippen LogP contribution in [0.4, 0.5) is 0 Å². The molecule has 0 radical (unpaired) electrons. The maximum atomic E-state index is 10.6. The summed E-state index contributed by atoms with van der Waals surface area (Å²) in [5.41, 5.74) is 0.145. The zero-order chi connectivity index (χ0) is 9.26. The summed E-state index contributed by atoms with van der Waals surface area (Å²) in [7, 11) is 0. The fraction of sp³-hybridized carbons (Fsp3) is 0.556. The smallest absolute Gasteiger partial charge is 0.356 e. The molecule has 0 saturated heterocycles. The van der Waals surface area contributed by atoms with E-state index >= 15 is 0 Å². The molecule has 70 valence electrons. The zero-order valence-corrected chi connectivity index (χ0v) is 7.31. The Morgan fingerprint density at radius 3 is 2.77 bits per heavy atom. The lowest BCUT2D eigenvalue weighted by Crippen LogP contribution is -2.07. The van der Waals surface area contributed by atoms with E-state index in [0.717, 1.165) is 12.8 Å². The van der Waals surface area contributed by atoms with Gasteiger partial charge in [0.2, 0.25) is 0 Å². The van der Waals surface area contributed by atoms with Crippen LogP contribution in [0.3, 0.4) is 0 Å². The van der Waals surface area contributed by atoms with E-state index < -0.39 is 5.97 Å². The van der Waals surface area contributed by atoms with Crippen LogP contribution in [0.15, 0.2) is 12.3 Å². The summed E-state index contributed by atoms with van der Waals surface area (Å²) in [6, 6.07) is 1.98. The van der Waals surface area contributed by atoms with E-state index in [1.807, 2.05) is 0 Å². The highest BCUT2D eigenvalue weighted by Gasteiger charge is 2.18. The molecule has 1 aliphatic carbocycles. The van der Waals surface area contributed by atoms with Gasteiger partial charge in [0.05, 0.1) is 6.04 Å². The van der Waals surface area contributed by atoms with E-state index in [2.05, 4.69) is 5.10 Å². The molecule has 2 rings (SSSR count). The van der Waals surface area contributed by atoms with Crippen molar-refractivity contribution in [3.8, 4) is 0 Å². The highest BCUT2D eigenvalue weighted by Crippen LogP contribution is 2.28. The monoisotopic (exact) mass is 180 g/mol. The number of aromatic carboxylic acids is 1. The van der Waals surface area contributed by atoms with Crippen LogP contribution in [-0.4, -0.2) is 20.9 Å². The average molecular weight is 180 g/mol. The zero-order valence-electron chi connectivity index (χ0n) is 7.31. The number of carboxylic acid groups (broad SMARTS) is 1. The first-order chi connectivity index (χ1) is 6.27. The van der Waals surface area contributed by atoms with Crippen molar-refractivity contribution in [2.45, 2.75) is 31.7 Å². The fourth-order valence-corrected chi connectivity index (χ4v) is 1.82. The molecule has 0 aliphatic heterocycles. The number of nitrogens with zero attached hydrogens (tertiary/aromatic N) is 2. The quantitative estimate of drug-likeness (QED) is 0.753. The SMILES string of the molecule is O=C(O)c1ccn(C2CCCC2)n1. The van der Waals surface area contributed by atoms with Crippen molar-refractivity contribution in [3.05, 3.63) is 18.0 Å². The fourth-order valence-electron chi connectivity index (χ4n) is 1.82. The summed E-state index contributed by atoms with van der Waals surface area (Å²) in [5.74, 6) is -0.947. The third-order valence-corrected chi connectivity index (χ3v) is 2.53. The lowest BCUT2D eigenvalue weighted by Gasteiger charge is -2.08. The largest absolute Gasteiger partial charge is 0.476 e. The van der Waals surface area contributed by atoms with Gasteiger partial charge in [-0.15, -0.1) is 0 Å². The van der Waals surface area contributed by atoms with Crippen molar-refractivity contribution >= 4 is 5.97 Å². The molecule has 1 N–H and O–H groups in total. The Morgan fingerprint density at radius 2 is 2.23 bits per heavy atom. The maximum Gasteiger partial charge on any atom is 0.356 e. The Hall–Kier alpha value is -1.32. The normalized spacial score (nSPS) is 17.8. The summed E-state index contributed by atoms with van der Waals surface area (Å²) in [4.78, 5) is 10.6. The van der Waals surface area contributed by atoms with Gasteiger partial charge in [-0.25, -0.2) is 4.79 Å². The van der Waals surface area contributed by atoms with Gasteiger partial charge in [-0.2, -0.15) is 5.10 Å². The number of carbonyl (C=O) groups is 1. The molecular weight excluding hydrogens is 168 g/mol. The lowest BCUT2D eigenvalue weighted by molar-refractivity contribution is 0.0689. The van der Waals surface area contributed by atoms with Crippen molar-refractivity contribution in [2.75, 3.05) is 0 Å². The van der Waals surface area contributed by atoms with Crippen LogP contribution in [0.1, 0.15) is 42.2 Å². The van der Waals surface area contributed by atoms with Gasteiger partial charge in [0.15, 0.2) is 5.69 Å². The van der Waals surface area contributed by atoms with Gasteiger partial charge < -0.3 is 5.11 Å². The molecule has 1 aromatic rings. The van der Waals surface area contributed by atoms with E-state index in [1.165, 1.54) is 12.8 Å². The third kappa shape index (κ3) is 1.56. The van der Waals surface area contributed by atoms with Gasteiger partial charge >= 0.3 is 5.97 Å². The van der Waals surface area contributed by atoms with Crippen LogP contribution in [0.25, 0.3) is 0 Å². The molecule has 1 heterocycles. The Bertz CT molecular complexity index is 313. The minimum absolute atomic E-state index is 0.145. The van der Waals surface area contributed by atoms with Gasteiger partial charge in [-0.1, -0.05) is 12.8 Å². The molecule has 0 unspecified atom stereocenters. The van der Waals surface area contributed by atoms with E-state index in [0.29, 0.717) is 6.04 Å². The van der Waals surface area contributed by atoms with Crippen molar-refractivity contribution < 1.29 is 9.90 Å². The molecule has 0 spiro atoms. The third-order valence-electron chi connectivity index (χ3n) is 2.53. The van der Waals surface area contributed by atoms with E-state index in [1.54, 1.807) is 16.9 Å². The summed E-state index contributed by atoms with van der Waals surface area (Å²) in [6.07, 6.45) is 6.47. The minimum Gasteiger partial charge on any atom is -0.476 e. The predicted octanol–water partition coefficient (Wildman–Crippen LogP) is 1.70. The highest BCUT2D eigenvalue weighted by molar-refractivity contribution is 5.85. The van der Waals surface area contributed by atoms with Crippen LogP contribution >= 0.6 is 0 Å². The minimum atomic E-state index is -0.947. The van der Waals surface area contributed by atoms with Gasteiger partial charge in [0.1, 0.15) is 0 Å². The molecule has 13 heavy (non-hydrogen) atoms. The van der Waals surface area contributed by atoms with Crippen molar-refractivity contribution in [2.24, 2.45) is 0 Å². The molecule has 1 saturated carbocycles. The number of hydrogen-bond acceptors (Lipinski definition) is 2. The number of rotatable bonds is 2. The van der Waals surface area contributed by atoms with Crippen LogP contribution < -0.4 is 0 Å². The maximum absolute atomic E-state index is 10.6. The first kappa shape index (κ1) is 8.29. The Kier molecular flexibility index (Phi) is 2.04. The second-order valence-electron chi connectivity index (χ2n) is 3.42. The van der Waals surface area contributed by atoms with E-state index in [9.17, 15) is 4.79 Å². The molecule has 0 amide bonds. The average Bonchev–Trinajstić information content (AvgIpc) is 2.75. The Labute approximate surface area is 76.2 Å². The van der Waals surface area contributed by atoms with Gasteiger partial charge in [0, 0.05) is 6.20 Å². The second kappa shape index (κ2) is 3.20. The predicted molar refractivity (Wildman–Crippen MR) is 46.7 cm³/mol. The van der Waals surface area contributed by atoms with Crippen LogP contribution in [0.2, 0.25) is 0 Å². The summed E-state index contributed by atoms with van der Waals surface area (Å²) in [5, 5.41) is 12.7. The van der Waals surface area contributed by atoms with Gasteiger partial charge in [0.25, 0.3) is 0 Å². The van der Waals surface area contributed by atoms with Gasteiger partial charge in [-0.3, -0.25) is 4.68 Å². The highest BCUT2D eigenvalue weighted by atomic mass is 16.4. The van der Waals surface area contributed by atoms with Gasteiger partial charge in [-0.05, 0) is 18.9 Å². The number of carboxylic acids is 1. The van der Waals surface area contributed by atoms with Crippen molar-refractivity contribution in [3.63, 3.8) is 0 Å². The number of hydrogen-bond donors (Lipinski definition) is 1. The molecule has 1 fully saturated rings. The summed E-state index contributed by atoms with van der Waals surface area (Å²) in [6.45, 7) is 0. The van der Waals surface area contributed by atoms with Crippen molar-refractivity contribution in [1.29, 1.82) is 0 Å². The van der Waals surface area contributed by atoms with Crippen LogP contribution in [0.5, 0.6) is 0 Å². The molecule has 0 atom stereocenters. The molecule has 4 nitrogen and oxygen atoms in total. The number of aromatic nitrogens is 2. The molecule has 4 heteroatoms. The molecular formula is C9H12N2O2. The lowest BCUT2D eigenvalue weighted by atomic mass is 10.3. The molecule has 0 bridgehead atoms. The Morgan fingerprint density at radius 1 is 1.54 bits per heavy atom. The topological polar surface area (TPSA) is 55.1 Å².